The predicted molar refractivity (Wildman–Crippen MR) is 220 cm³/mol. The molecule has 1 unspecified atom stereocenters. The third-order valence-corrected chi connectivity index (χ3v) is 11.4. The summed E-state index contributed by atoms with van der Waals surface area (Å²) in [6.07, 6.45) is 3.06. The zero-order chi connectivity index (χ0) is 39.9. The topological polar surface area (TPSA) is 118 Å². The van der Waals surface area contributed by atoms with Gasteiger partial charge in [0, 0.05) is 41.8 Å². The molecule has 3 aromatic heterocycles. The second kappa shape index (κ2) is 16.0. The molecule has 0 aliphatic carbocycles. The fourth-order valence-corrected chi connectivity index (χ4v) is 8.81. The van der Waals surface area contributed by atoms with Crippen molar-refractivity contribution in [3.8, 4) is 21.8 Å². The lowest BCUT2D eigenvalue weighted by Crippen LogP contribution is -2.41. The number of aryl methyl sites for hydroxylation is 1. The molecule has 2 aromatic carbocycles. The summed E-state index contributed by atoms with van der Waals surface area (Å²) in [5.41, 5.74) is 6.32. The van der Waals surface area contributed by atoms with Gasteiger partial charge in [-0.2, -0.15) is 5.10 Å². The Labute approximate surface area is 337 Å². The lowest BCUT2D eigenvalue weighted by atomic mass is 9.91. The van der Waals surface area contributed by atoms with Gasteiger partial charge in [0.25, 0.3) is 0 Å². The molecule has 11 nitrogen and oxygen atoms in total. The van der Waals surface area contributed by atoms with Crippen LogP contribution in [0.5, 0.6) is 0 Å². The third kappa shape index (κ3) is 8.58. The lowest BCUT2D eigenvalue weighted by Gasteiger charge is -2.33. The van der Waals surface area contributed by atoms with E-state index in [4.69, 9.17) is 45.6 Å². The molecule has 0 bridgehead atoms. The molecule has 5 heterocycles. The first-order valence-electron chi connectivity index (χ1n) is 19.6. The Hall–Kier alpha value is -4.10. The maximum Gasteiger partial charge on any atom is 0.410 e. The van der Waals surface area contributed by atoms with Gasteiger partial charge in [0.2, 0.25) is 0 Å². The van der Waals surface area contributed by atoms with E-state index in [1.54, 1.807) is 11.8 Å². The molecule has 0 radical (unpaired) electrons. The van der Waals surface area contributed by atoms with E-state index in [0.29, 0.717) is 24.7 Å². The number of pyridine rings is 1. The van der Waals surface area contributed by atoms with Gasteiger partial charge in [0.05, 0.1) is 39.3 Å². The quantitative estimate of drug-likeness (QED) is 0.141. The Bertz CT molecular complexity index is 2220. The smallest absolute Gasteiger partial charge is 0.410 e. The Morgan fingerprint density at radius 2 is 1.71 bits per heavy atom. The van der Waals surface area contributed by atoms with E-state index >= 15 is 0 Å². The molecule has 13 heteroatoms. The summed E-state index contributed by atoms with van der Waals surface area (Å²) in [5, 5.41) is 6.57. The van der Waals surface area contributed by atoms with Gasteiger partial charge in [-0.15, -0.1) is 11.3 Å². The number of amides is 1. The monoisotopic (exact) mass is 801 g/mol. The van der Waals surface area contributed by atoms with Gasteiger partial charge in [0.1, 0.15) is 16.1 Å². The molecule has 0 spiro atoms. The van der Waals surface area contributed by atoms with Crippen LogP contribution in [0.25, 0.3) is 43.1 Å². The van der Waals surface area contributed by atoms with E-state index < -0.39 is 23.3 Å². The Morgan fingerprint density at radius 3 is 2.36 bits per heavy atom. The third-order valence-electron chi connectivity index (χ3n) is 10.1. The molecule has 2 aliphatic heterocycles. The average molecular weight is 802 g/mol. The van der Waals surface area contributed by atoms with Crippen molar-refractivity contribution in [2.24, 2.45) is 0 Å². The minimum Gasteiger partial charge on any atom is -0.464 e. The van der Waals surface area contributed by atoms with Crippen molar-refractivity contribution >= 4 is 56.3 Å². The number of benzene rings is 2. The van der Waals surface area contributed by atoms with E-state index in [0.717, 1.165) is 92.0 Å². The summed E-state index contributed by atoms with van der Waals surface area (Å²) >= 11 is 7.90. The minimum atomic E-state index is -0.970. The number of halogens is 1. The summed E-state index contributed by atoms with van der Waals surface area (Å²) in [6.45, 7) is 17.3. The van der Waals surface area contributed by atoms with E-state index in [2.05, 4.69) is 6.07 Å². The van der Waals surface area contributed by atoms with Crippen LogP contribution in [-0.4, -0.2) is 74.2 Å². The van der Waals surface area contributed by atoms with Crippen LogP contribution in [0.2, 0.25) is 5.02 Å². The van der Waals surface area contributed by atoms with Gasteiger partial charge in [-0.25, -0.2) is 24.2 Å². The molecule has 7 rings (SSSR count). The number of carbonyl (C=O) groups excluding carboxylic acids is 2. The number of rotatable bonds is 8. The molecular formula is C43H52ClN5O6S. The van der Waals surface area contributed by atoms with Gasteiger partial charge in [0.15, 0.2) is 12.3 Å². The highest BCUT2D eigenvalue weighted by Crippen LogP contribution is 2.45. The second-order valence-corrected chi connectivity index (χ2v) is 18.1. The van der Waals surface area contributed by atoms with Crippen molar-refractivity contribution in [3.05, 3.63) is 64.3 Å². The van der Waals surface area contributed by atoms with E-state index in [1.807, 2.05) is 89.5 Å². The lowest BCUT2D eigenvalue weighted by molar-refractivity contribution is -0.166. The van der Waals surface area contributed by atoms with Crippen molar-refractivity contribution < 1.29 is 28.5 Å². The van der Waals surface area contributed by atoms with Crippen molar-refractivity contribution in [2.75, 3.05) is 26.3 Å². The number of piperidine rings is 1. The number of fused-ring (bicyclic) bond motifs is 2. The number of likely N-dealkylation sites (tertiary alicyclic amines) is 1. The molecule has 5 aromatic rings. The number of hydrogen-bond donors (Lipinski definition) is 0. The Kier molecular flexibility index (Phi) is 11.5. The van der Waals surface area contributed by atoms with Crippen LogP contribution >= 0.6 is 22.9 Å². The standard InChI is InChI=1S/C43H52ClN5O6S/c1-9-52-40(50)37(54-42(3,4)5)33-25(2)24-30-38(34(33)26-13-15-28(44)16-14-26)56-39(46-30)29-17-18-31-36(45-29)35(47-49(31)32-12-10-11-23-53-32)27-19-21-48(22-20-27)41(51)55-43(6,7)8/h13-18,24,27,32,37H,9-12,19-23H2,1-8H3/t32?,37-/m0/s1. The minimum absolute atomic E-state index is 0.100. The van der Waals surface area contributed by atoms with Crippen LogP contribution in [-0.2, 0) is 23.7 Å². The summed E-state index contributed by atoms with van der Waals surface area (Å²) in [5.74, 6) is -0.344. The van der Waals surface area contributed by atoms with Crippen LogP contribution < -0.4 is 0 Å². The first-order chi connectivity index (χ1) is 26.6. The molecule has 2 aliphatic rings. The number of hydrogen-bond acceptors (Lipinski definition) is 10. The van der Waals surface area contributed by atoms with Crippen molar-refractivity contribution in [1.82, 2.24) is 24.6 Å². The van der Waals surface area contributed by atoms with Gasteiger partial charge >= 0.3 is 12.1 Å². The Morgan fingerprint density at radius 1 is 0.982 bits per heavy atom. The SMILES string of the molecule is CCOC(=O)[C@@H](OC(C)(C)C)c1c(C)cc2nc(-c3ccc4c(n3)c(C3CCN(C(=O)OC(C)(C)C)CC3)nn4C3CCCCO3)sc2c1-c1ccc(Cl)cc1. The van der Waals surface area contributed by atoms with E-state index in [-0.39, 0.29) is 24.8 Å². The molecule has 56 heavy (non-hydrogen) atoms. The molecule has 298 valence electrons. The molecule has 2 atom stereocenters. The fraction of sp³-hybridized carbons (Fsp3) is 0.512. The molecule has 1 amide bonds. The predicted octanol–water partition coefficient (Wildman–Crippen LogP) is 10.6. The van der Waals surface area contributed by atoms with Crippen LogP contribution in [0.3, 0.4) is 0 Å². The maximum atomic E-state index is 13.7. The number of esters is 1. The summed E-state index contributed by atoms with van der Waals surface area (Å²) in [4.78, 5) is 38.8. The number of carbonyl (C=O) groups is 2. The number of aromatic nitrogens is 4. The van der Waals surface area contributed by atoms with Crippen LogP contribution in [0, 0.1) is 6.92 Å². The van der Waals surface area contributed by atoms with Gasteiger partial charge in [-0.1, -0.05) is 23.7 Å². The molecule has 0 saturated carbocycles. The van der Waals surface area contributed by atoms with Crippen LogP contribution in [0.15, 0.2) is 42.5 Å². The van der Waals surface area contributed by atoms with Gasteiger partial charge < -0.3 is 23.8 Å². The van der Waals surface area contributed by atoms with Gasteiger partial charge in [-0.3, -0.25) is 0 Å². The normalized spacial score (nSPS) is 17.7. The maximum absolute atomic E-state index is 13.7. The van der Waals surface area contributed by atoms with Crippen molar-refractivity contribution in [1.29, 1.82) is 0 Å². The van der Waals surface area contributed by atoms with Gasteiger partial charge in [-0.05, 0) is 129 Å². The zero-order valence-electron chi connectivity index (χ0n) is 33.6. The Balaban J connectivity index is 1.34. The van der Waals surface area contributed by atoms with Crippen LogP contribution in [0.4, 0.5) is 4.79 Å². The second-order valence-electron chi connectivity index (χ2n) is 16.7. The first-order valence-corrected chi connectivity index (χ1v) is 20.8. The number of thiazole rings is 1. The summed E-state index contributed by atoms with van der Waals surface area (Å²) < 4.78 is 26.9. The first kappa shape index (κ1) is 40.1. The molecule has 0 N–H and O–H groups in total. The van der Waals surface area contributed by atoms with Crippen LogP contribution in [0.1, 0.15) is 116 Å². The zero-order valence-corrected chi connectivity index (χ0v) is 35.2. The van der Waals surface area contributed by atoms with E-state index in [1.165, 1.54) is 11.3 Å². The number of ether oxygens (including phenoxy) is 4. The highest BCUT2D eigenvalue weighted by Gasteiger charge is 2.35. The summed E-state index contributed by atoms with van der Waals surface area (Å²) in [6, 6.07) is 13.7. The van der Waals surface area contributed by atoms with E-state index in [9.17, 15) is 9.59 Å². The largest absolute Gasteiger partial charge is 0.464 e. The molecule has 2 fully saturated rings. The van der Waals surface area contributed by atoms with Crippen molar-refractivity contribution in [3.63, 3.8) is 0 Å². The molecular weight excluding hydrogens is 750 g/mol. The summed E-state index contributed by atoms with van der Waals surface area (Å²) in [7, 11) is 0. The molecule has 2 saturated heterocycles. The highest BCUT2D eigenvalue weighted by molar-refractivity contribution is 7.22. The average Bonchev–Trinajstić information content (AvgIpc) is 3.75. The fourth-order valence-electron chi connectivity index (χ4n) is 7.59. The van der Waals surface area contributed by atoms with Crippen molar-refractivity contribution in [2.45, 2.75) is 117 Å². The highest BCUT2D eigenvalue weighted by atomic mass is 35.5. The number of nitrogens with zero attached hydrogens (tertiary/aromatic N) is 5.